The average Bonchev–Trinajstić information content (AvgIpc) is 2.98. The maximum atomic E-state index is 5.37. The van der Waals surface area contributed by atoms with Crippen LogP contribution in [-0.4, -0.2) is 23.2 Å². The summed E-state index contributed by atoms with van der Waals surface area (Å²) in [6.07, 6.45) is 5.33. The van der Waals surface area contributed by atoms with Gasteiger partial charge in [-0.1, -0.05) is 35.5 Å². The topological polar surface area (TPSA) is 51.0 Å². The van der Waals surface area contributed by atoms with Crippen molar-refractivity contribution in [1.82, 2.24) is 15.5 Å². The first-order chi connectivity index (χ1) is 9.92. The Morgan fingerprint density at radius 3 is 2.90 bits per heavy atom. The molecule has 2 aromatic rings. The van der Waals surface area contributed by atoms with E-state index in [1.54, 1.807) is 0 Å². The molecule has 0 spiro atoms. The quantitative estimate of drug-likeness (QED) is 0.908. The smallest absolute Gasteiger partial charge is 0.226 e. The van der Waals surface area contributed by atoms with E-state index >= 15 is 0 Å². The summed E-state index contributed by atoms with van der Waals surface area (Å²) in [5.41, 5.74) is 1.36. The molecule has 1 aliphatic heterocycles. The molecule has 2 heterocycles. The lowest BCUT2D eigenvalue weighted by Gasteiger charge is -2.19. The molecule has 0 saturated carbocycles. The van der Waals surface area contributed by atoms with Gasteiger partial charge in [0.25, 0.3) is 0 Å². The van der Waals surface area contributed by atoms with Gasteiger partial charge in [0, 0.05) is 18.9 Å². The van der Waals surface area contributed by atoms with E-state index in [4.69, 9.17) is 4.52 Å². The van der Waals surface area contributed by atoms with Gasteiger partial charge >= 0.3 is 0 Å². The van der Waals surface area contributed by atoms with E-state index in [0.29, 0.717) is 5.92 Å². The molecule has 3 rings (SSSR count). The molecule has 106 valence electrons. The van der Waals surface area contributed by atoms with E-state index in [9.17, 15) is 0 Å². The molecule has 0 amide bonds. The molecule has 1 fully saturated rings. The third-order valence-corrected chi connectivity index (χ3v) is 3.84. The first-order valence-electron chi connectivity index (χ1n) is 7.49. The van der Waals surface area contributed by atoms with Crippen LogP contribution in [0.4, 0.5) is 0 Å². The molecule has 4 nitrogen and oxygen atoms in total. The Balaban J connectivity index is 1.50. The Morgan fingerprint density at radius 1 is 1.20 bits per heavy atom. The SMILES string of the molecule is c1ccc(CCCc2nc(C3CCCNC3)no2)cc1. The van der Waals surface area contributed by atoms with Crippen LogP contribution in [0.15, 0.2) is 34.9 Å². The Kier molecular flexibility index (Phi) is 4.43. The maximum Gasteiger partial charge on any atom is 0.226 e. The van der Waals surface area contributed by atoms with E-state index in [-0.39, 0.29) is 0 Å². The molecular formula is C16H21N3O. The number of nitrogens with zero attached hydrogens (tertiary/aromatic N) is 2. The van der Waals surface area contributed by atoms with E-state index in [1.165, 1.54) is 12.0 Å². The number of rotatable bonds is 5. The second-order valence-corrected chi connectivity index (χ2v) is 5.43. The van der Waals surface area contributed by atoms with Crippen molar-refractivity contribution < 1.29 is 4.52 Å². The molecule has 1 aliphatic rings. The lowest BCUT2D eigenvalue weighted by atomic mass is 9.99. The van der Waals surface area contributed by atoms with Crippen molar-refractivity contribution in [3.05, 3.63) is 47.6 Å². The summed E-state index contributed by atoms with van der Waals surface area (Å²) in [7, 11) is 0. The van der Waals surface area contributed by atoms with E-state index in [0.717, 1.165) is 50.5 Å². The standard InChI is InChI=1S/C16H21N3O/c1-2-6-13(7-3-1)8-4-10-15-18-16(19-20-15)14-9-5-11-17-12-14/h1-3,6-7,14,17H,4-5,8-12H2. The fourth-order valence-electron chi connectivity index (χ4n) is 2.70. The minimum atomic E-state index is 0.426. The van der Waals surface area contributed by atoms with Crippen molar-refractivity contribution in [2.24, 2.45) is 0 Å². The third kappa shape index (κ3) is 3.45. The van der Waals surface area contributed by atoms with Gasteiger partial charge in [0.2, 0.25) is 5.89 Å². The number of nitrogens with one attached hydrogen (secondary N) is 1. The van der Waals surface area contributed by atoms with E-state index in [2.05, 4.69) is 39.7 Å². The highest BCUT2D eigenvalue weighted by molar-refractivity contribution is 5.14. The summed E-state index contributed by atoms with van der Waals surface area (Å²) < 4.78 is 5.37. The number of aromatic nitrogens is 2. The second-order valence-electron chi connectivity index (χ2n) is 5.43. The van der Waals surface area contributed by atoms with Crippen LogP contribution in [-0.2, 0) is 12.8 Å². The molecule has 1 N–H and O–H groups in total. The summed E-state index contributed by atoms with van der Waals surface area (Å²) >= 11 is 0. The van der Waals surface area contributed by atoms with Crippen LogP contribution in [0.5, 0.6) is 0 Å². The van der Waals surface area contributed by atoms with Crippen molar-refractivity contribution in [3.8, 4) is 0 Å². The number of piperidine rings is 1. The number of hydrogen-bond donors (Lipinski definition) is 1. The fourth-order valence-corrected chi connectivity index (χ4v) is 2.70. The zero-order valence-electron chi connectivity index (χ0n) is 11.7. The van der Waals surface area contributed by atoms with E-state index < -0.39 is 0 Å². The summed E-state index contributed by atoms with van der Waals surface area (Å²) in [5.74, 6) is 2.09. The van der Waals surface area contributed by atoms with Crippen LogP contribution in [0.3, 0.4) is 0 Å². The zero-order valence-corrected chi connectivity index (χ0v) is 11.7. The predicted octanol–water partition coefficient (Wildman–Crippen LogP) is 2.71. The molecule has 4 heteroatoms. The Bertz CT molecular complexity index is 518. The Labute approximate surface area is 119 Å². The van der Waals surface area contributed by atoms with Gasteiger partial charge in [-0.2, -0.15) is 4.98 Å². The van der Waals surface area contributed by atoms with Gasteiger partial charge < -0.3 is 9.84 Å². The molecule has 0 bridgehead atoms. The Hall–Kier alpha value is -1.68. The van der Waals surface area contributed by atoms with Crippen molar-refractivity contribution in [2.45, 2.75) is 38.0 Å². The number of aryl methyl sites for hydroxylation is 2. The van der Waals surface area contributed by atoms with Crippen LogP contribution >= 0.6 is 0 Å². The largest absolute Gasteiger partial charge is 0.339 e. The molecule has 1 aromatic carbocycles. The highest BCUT2D eigenvalue weighted by Crippen LogP contribution is 2.20. The lowest BCUT2D eigenvalue weighted by Crippen LogP contribution is -2.28. The average molecular weight is 271 g/mol. The highest BCUT2D eigenvalue weighted by Gasteiger charge is 2.20. The molecule has 1 atom stereocenters. The zero-order chi connectivity index (χ0) is 13.6. The molecular weight excluding hydrogens is 250 g/mol. The van der Waals surface area contributed by atoms with Crippen LogP contribution in [0.1, 0.15) is 42.5 Å². The summed E-state index contributed by atoms with van der Waals surface area (Å²) in [4.78, 5) is 4.55. The van der Waals surface area contributed by atoms with Crippen LogP contribution in [0.2, 0.25) is 0 Å². The molecule has 0 radical (unpaired) electrons. The maximum absolute atomic E-state index is 5.37. The molecule has 20 heavy (non-hydrogen) atoms. The van der Waals surface area contributed by atoms with Gasteiger partial charge in [-0.3, -0.25) is 0 Å². The first kappa shape index (κ1) is 13.3. The van der Waals surface area contributed by atoms with Crippen LogP contribution in [0, 0.1) is 0 Å². The highest BCUT2D eigenvalue weighted by atomic mass is 16.5. The van der Waals surface area contributed by atoms with E-state index in [1.807, 2.05) is 6.07 Å². The summed E-state index contributed by atoms with van der Waals surface area (Å²) in [6, 6.07) is 10.5. The van der Waals surface area contributed by atoms with Crippen molar-refractivity contribution in [1.29, 1.82) is 0 Å². The monoisotopic (exact) mass is 271 g/mol. The van der Waals surface area contributed by atoms with Gasteiger partial charge in [0.1, 0.15) is 0 Å². The van der Waals surface area contributed by atoms with Gasteiger partial charge in [-0.25, -0.2) is 0 Å². The third-order valence-electron chi connectivity index (χ3n) is 3.84. The second kappa shape index (κ2) is 6.66. The minimum Gasteiger partial charge on any atom is -0.339 e. The predicted molar refractivity (Wildman–Crippen MR) is 77.6 cm³/mol. The lowest BCUT2D eigenvalue weighted by molar-refractivity contribution is 0.359. The number of hydrogen-bond acceptors (Lipinski definition) is 4. The van der Waals surface area contributed by atoms with Crippen molar-refractivity contribution >= 4 is 0 Å². The molecule has 1 unspecified atom stereocenters. The first-order valence-corrected chi connectivity index (χ1v) is 7.49. The van der Waals surface area contributed by atoms with Crippen molar-refractivity contribution in [3.63, 3.8) is 0 Å². The van der Waals surface area contributed by atoms with Crippen molar-refractivity contribution in [2.75, 3.05) is 13.1 Å². The summed E-state index contributed by atoms with van der Waals surface area (Å²) in [5, 5.41) is 7.52. The number of benzene rings is 1. The summed E-state index contributed by atoms with van der Waals surface area (Å²) in [6.45, 7) is 2.08. The van der Waals surface area contributed by atoms with Gasteiger partial charge in [-0.15, -0.1) is 0 Å². The Morgan fingerprint density at radius 2 is 2.10 bits per heavy atom. The molecule has 1 saturated heterocycles. The van der Waals surface area contributed by atoms with Gasteiger partial charge in [0.15, 0.2) is 5.82 Å². The fraction of sp³-hybridized carbons (Fsp3) is 0.500. The van der Waals surface area contributed by atoms with Gasteiger partial charge in [-0.05, 0) is 37.8 Å². The molecule has 0 aliphatic carbocycles. The van der Waals surface area contributed by atoms with Crippen LogP contribution < -0.4 is 5.32 Å². The molecule has 1 aromatic heterocycles. The normalized spacial score (nSPS) is 19.1. The minimum absolute atomic E-state index is 0.426. The van der Waals surface area contributed by atoms with Crippen LogP contribution in [0.25, 0.3) is 0 Å². The van der Waals surface area contributed by atoms with Gasteiger partial charge in [0.05, 0.1) is 0 Å².